The molecule has 18 heavy (non-hydrogen) atoms. The summed E-state index contributed by atoms with van der Waals surface area (Å²) in [6.45, 7) is 8.95. The summed E-state index contributed by atoms with van der Waals surface area (Å²) >= 11 is 3.39. The maximum absolute atomic E-state index is 12.1. The van der Waals surface area contributed by atoms with Gasteiger partial charge in [-0.15, -0.1) is 0 Å². The van der Waals surface area contributed by atoms with E-state index in [1.165, 1.54) is 0 Å². The second-order valence-corrected chi connectivity index (χ2v) is 5.71. The van der Waals surface area contributed by atoms with Crippen LogP contribution in [-0.2, 0) is 4.74 Å². The van der Waals surface area contributed by atoms with Crippen LogP contribution in [0.4, 0.5) is 0 Å². The van der Waals surface area contributed by atoms with Crippen molar-refractivity contribution >= 4 is 21.8 Å². The molecule has 1 aromatic rings. The quantitative estimate of drug-likeness (QED) is 0.905. The number of benzene rings is 1. The van der Waals surface area contributed by atoms with Gasteiger partial charge < -0.3 is 10.1 Å². The fourth-order valence-corrected chi connectivity index (χ4v) is 2.07. The molecule has 0 aromatic heterocycles. The van der Waals surface area contributed by atoms with Gasteiger partial charge in [0.1, 0.15) is 0 Å². The van der Waals surface area contributed by atoms with Crippen molar-refractivity contribution in [3.63, 3.8) is 0 Å². The topological polar surface area (TPSA) is 38.3 Å². The van der Waals surface area contributed by atoms with Gasteiger partial charge in [0.15, 0.2) is 0 Å². The van der Waals surface area contributed by atoms with E-state index in [9.17, 15) is 4.79 Å². The highest BCUT2D eigenvalue weighted by Gasteiger charge is 2.19. The Morgan fingerprint density at radius 3 is 2.72 bits per heavy atom. The third-order valence-electron chi connectivity index (χ3n) is 2.58. The van der Waals surface area contributed by atoms with E-state index in [1.807, 2.05) is 45.9 Å². The highest BCUT2D eigenvalue weighted by molar-refractivity contribution is 9.10. The van der Waals surface area contributed by atoms with Gasteiger partial charge in [-0.05, 0) is 55.8 Å². The summed E-state index contributed by atoms with van der Waals surface area (Å²) in [5.41, 5.74) is 1.37. The highest BCUT2D eigenvalue weighted by Crippen LogP contribution is 2.18. The molecule has 0 bridgehead atoms. The van der Waals surface area contributed by atoms with Crippen LogP contribution in [0, 0.1) is 6.92 Å². The summed E-state index contributed by atoms with van der Waals surface area (Å²) in [5.74, 6) is -0.0849. The molecule has 0 saturated heterocycles. The first-order chi connectivity index (χ1) is 8.35. The minimum Gasteiger partial charge on any atom is -0.374 e. The van der Waals surface area contributed by atoms with Crippen molar-refractivity contribution in [2.24, 2.45) is 0 Å². The third kappa shape index (κ3) is 4.42. The Morgan fingerprint density at radius 2 is 2.11 bits per heavy atom. The van der Waals surface area contributed by atoms with Gasteiger partial charge in [0.2, 0.25) is 0 Å². The van der Waals surface area contributed by atoms with Gasteiger partial charge in [-0.3, -0.25) is 4.79 Å². The van der Waals surface area contributed by atoms with E-state index in [0.717, 1.165) is 10.0 Å². The molecule has 1 aromatic carbocycles. The number of carbonyl (C=O) groups excluding carboxylic acids is 1. The molecule has 0 saturated carbocycles. The van der Waals surface area contributed by atoms with E-state index in [0.29, 0.717) is 18.7 Å². The third-order valence-corrected chi connectivity index (χ3v) is 3.27. The van der Waals surface area contributed by atoms with Crippen molar-refractivity contribution < 1.29 is 9.53 Å². The maximum Gasteiger partial charge on any atom is 0.252 e. The highest BCUT2D eigenvalue weighted by atomic mass is 79.9. The number of carbonyl (C=O) groups is 1. The van der Waals surface area contributed by atoms with Gasteiger partial charge in [0.05, 0.1) is 11.2 Å². The monoisotopic (exact) mass is 313 g/mol. The Balaban J connectivity index is 2.69. The Labute approximate surface area is 117 Å². The van der Waals surface area contributed by atoms with Crippen LogP contribution in [0.2, 0.25) is 0 Å². The number of nitrogens with one attached hydrogen (secondary N) is 1. The fourth-order valence-electron chi connectivity index (χ4n) is 1.64. The molecular formula is C14H20BrNO2. The molecule has 0 atom stereocenters. The first-order valence-corrected chi connectivity index (χ1v) is 6.83. The number of aryl methyl sites for hydroxylation is 1. The van der Waals surface area contributed by atoms with E-state index in [4.69, 9.17) is 4.74 Å². The SMILES string of the molecule is CCOC(C)(C)CNC(=O)c1cc(C)ccc1Br. The molecule has 0 aliphatic heterocycles. The summed E-state index contributed by atoms with van der Waals surface area (Å²) in [6.07, 6.45) is 0. The molecule has 0 radical (unpaired) electrons. The van der Waals surface area contributed by atoms with E-state index in [1.54, 1.807) is 0 Å². The second kappa shape index (κ2) is 6.34. The van der Waals surface area contributed by atoms with Crippen LogP contribution in [0.25, 0.3) is 0 Å². The van der Waals surface area contributed by atoms with Crippen molar-refractivity contribution in [3.8, 4) is 0 Å². The standard InChI is InChI=1S/C14H20BrNO2/c1-5-18-14(3,4)9-16-13(17)11-8-10(2)6-7-12(11)15/h6-8H,5,9H2,1-4H3,(H,16,17). The minimum absolute atomic E-state index is 0.0849. The summed E-state index contributed by atoms with van der Waals surface area (Å²) in [5, 5.41) is 2.90. The maximum atomic E-state index is 12.1. The number of ether oxygens (including phenoxy) is 1. The molecule has 0 aliphatic rings. The Bertz CT molecular complexity index is 430. The van der Waals surface area contributed by atoms with Crippen LogP contribution in [0.1, 0.15) is 36.7 Å². The normalized spacial score (nSPS) is 11.4. The van der Waals surface area contributed by atoms with Crippen molar-refractivity contribution in [1.82, 2.24) is 5.32 Å². The zero-order chi connectivity index (χ0) is 13.8. The van der Waals surface area contributed by atoms with Crippen LogP contribution >= 0.6 is 15.9 Å². The van der Waals surface area contributed by atoms with Gasteiger partial charge >= 0.3 is 0 Å². The van der Waals surface area contributed by atoms with E-state index < -0.39 is 0 Å². The van der Waals surface area contributed by atoms with Gasteiger partial charge in [0.25, 0.3) is 5.91 Å². The van der Waals surface area contributed by atoms with Crippen LogP contribution in [0.15, 0.2) is 22.7 Å². The Hall–Kier alpha value is -0.870. The van der Waals surface area contributed by atoms with Crippen LogP contribution in [0.5, 0.6) is 0 Å². The number of hydrogen-bond acceptors (Lipinski definition) is 2. The lowest BCUT2D eigenvalue weighted by Gasteiger charge is -2.25. The van der Waals surface area contributed by atoms with E-state index >= 15 is 0 Å². The molecule has 0 unspecified atom stereocenters. The molecule has 1 N–H and O–H groups in total. The first kappa shape index (κ1) is 15.2. The van der Waals surface area contributed by atoms with Gasteiger partial charge in [-0.2, -0.15) is 0 Å². The molecule has 3 nitrogen and oxygen atoms in total. The molecule has 0 fully saturated rings. The van der Waals surface area contributed by atoms with Gasteiger partial charge in [0, 0.05) is 17.6 Å². The molecule has 4 heteroatoms. The van der Waals surface area contributed by atoms with E-state index in [-0.39, 0.29) is 11.5 Å². The number of amides is 1. The molecular weight excluding hydrogens is 294 g/mol. The number of halogens is 1. The van der Waals surface area contributed by atoms with Crippen molar-refractivity contribution in [3.05, 3.63) is 33.8 Å². The first-order valence-electron chi connectivity index (χ1n) is 6.04. The molecule has 0 heterocycles. The summed E-state index contributed by atoms with van der Waals surface area (Å²) in [7, 11) is 0. The summed E-state index contributed by atoms with van der Waals surface area (Å²) < 4.78 is 6.35. The van der Waals surface area contributed by atoms with Crippen LogP contribution in [0.3, 0.4) is 0 Å². The minimum atomic E-state index is -0.347. The van der Waals surface area contributed by atoms with Gasteiger partial charge in [-0.25, -0.2) is 0 Å². The van der Waals surface area contributed by atoms with Crippen molar-refractivity contribution in [2.45, 2.75) is 33.3 Å². The second-order valence-electron chi connectivity index (χ2n) is 4.86. The lowest BCUT2D eigenvalue weighted by molar-refractivity contribution is -0.00815. The molecule has 0 spiro atoms. The predicted octanol–water partition coefficient (Wildman–Crippen LogP) is 3.30. The lowest BCUT2D eigenvalue weighted by atomic mass is 10.1. The number of hydrogen-bond donors (Lipinski definition) is 1. The average Bonchev–Trinajstić information content (AvgIpc) is 2.29. The summed E-state index contributed by atoms with van der Waals surface area (Å²) in [4.78, 5) is 12.1. The van der Waals surface area contributed by atoms with E-state index in [2.05, 4.69) is 21.2 Å². The summed E-state index contributed by atoms with van der Waals surface area (Å²) in [6, 6.07) is 5.72. The Kier molecular flexibility index (Phi) is 5.35. The molecule has 1 amide bonds. The number of rotatable bonds is 5. The fraction of sp³-hybridized carbons (Fsp3) is 0.500. The van der Waals surface area contributed by atoms with Gasteiger partial charge in [-0.1, -0.05) is 11.6 Å². The van der Waals surface area contributed by atoms with Crippen LogP contribution in [-0.4, -0.2) is 24.7 Å². The molecule has 1 rings (SSSR count). The molecule has 100 valence electrons. The van der Waals surface area contributed by atoms with Crippen molar-refractivity contribution in [2.75, 3.05) is 13.2 Å². The lowest BCUT2D eigenvalue weighted by Crippen LogP contribution is -2.40. The zero-order valence-electron chi connectivity index (χ0n) is 11.3. The molecule has 0 aliphatic carbocycles. The average molecular weight is 314 g/mol. The van der Waals surface area contributed by atoms with Crippen LogP contribution < -0.4 is 5.32 Å². The van der Waals surface area contributed by atoms with Crippen molar-refractivity contribution in [1.29, 1.82) is 0 Å². The smallest absolute Gasteiger partial charge is 0.252 e. The largest absolute Gasteiger partial charge is 0.374 e. The Morgan fingerprint density at radius 1 is 1.44 bits per heavy atom. The zero-order valence-corrected chi connectivity index (χ0v) is 12.9. The predicted molar refractivity (Wildman–Crippen MR) is 76.9 cm³/mol.